The minimum absolute atomic E-state index is 0.0146. The predicted molar refractivity (Wildman–Crippen MR) is 121 cm³/mol. The summed E-state index contributed by atoms with van der Waals surface area (Å²) in [5, 5.41) is 2.59. The first-order chi connectivity index (χ1) is 15.8. The Labute approximate surface area is 197 Å². The Morgan fingerprint density at radius 2 is 1.79 bits per heavy atom. The average molecular weight is 491 g/mol. The van der Waals surface area contributed by atoms with E-state index in [9.17, 15) is 18.0 Å². The third-order valence-electron chi connectivity index (χ3n) is 4.52. The van der Waals surface area contributed by atoms with Gasteiger partial charge in [0.1, 0.15) is 23.4 Å². The molecular weight excluding hydrogens is 464 g/mol. The zero-order valence-corrected chi connectivity index (χ0v) is 20.5. The highest BCUT2D eigenvalue weighted by Crippen LogP contribution is 2.26. The Morgan fingerprint density at radius 1 is 1.15 bits per heavy atom. The van der Waals surface area contributed by atoms with Gasteiger partial charge in [0.2, 0.25) is 5.89 Å². The lowest BCUT2D eigenvalue weighted by molar-refractivity contribution is 0.0504. The maximum absolute atomic E-state index is 13.4. The number of benzene rings is 1. The fourth-order valence-electron chi connectivity index (χ4n) is 2.92. The summed E-state index contributed by atoms with van der Waals surface area (Å²) in [4.78, 5) is 32.4. The number of alkyl carbamates (subject to hydrolysis) is 1. The zero-order valence-electron chi connectivity index (χ0n) is 19.6. The van der Waals surface area contributed by atoms with Crippen LogP contribution in [0.4, 0.5) is 4.79 Å². The molecule has 0 bridgehead atoms. The number of oxazole rings is 1. The van der Waals surface area contributed by atoms with Gasteiger partial charge in [0.05, 0.1) is 24.2 Å². The third kappa shape index (κ3) is 5.45. The van der Waals surface area contributed by atoms with Gasteiger partial charge in [-0.15, -0.1) is 0 Å². The van der Waals surface area contributed by atoms with Crippen LogP contribution in [-0.2, 0) is 19.5 Å². The summed E-state index contributed by atoms with van der Waals surface area (Å²) in [5.74, 6) is -0.829. The van der Waals surface area contributed by atoms with Crippen LogP contribution in [0.5, 0.6) is 0 Å². The molecule has 0 fully saturated rings. The van der Waals surface area contributed by atoms with E-state index in [1.807, 2.05) is 6.92 Å². The van der Waals surface area contributed by atoms with E-state index < -0.39 is 33.7 Å². The topological polar surface area (TPSA) is 143 Å². The Kier molecular flexibility index (Phi) is 6.82. The van der Waals surface area contributed by atoms with Crippen molar-refractivity contribution in [3.8, 4) is 11.6 Å². The normalized spacial score (nSPS) is 12.8. The number of rotatable bonds is 6. The summed E-state index contributed by atoms with van der Waals surface area (Å²) in [6.45, 7) is 8.52. The largest absolute Gasteiger partial charge is 0.464 e. The van der Waals surface area contributed by atoms with Gasteiger partial charge in [-0.3, -0.25) is 0 Å². The number of esters is 1. The first-order valence-electron chi connectivity index (χ1n) is 10.3. The number of aromatic nitrogens is 3. The molecule has 1 N–H and O–H groups in total. The summed E-state index contributed by atoms with van der Waals surface area (Å²) in [6.07, 6.45) is 1.55. The molecule has 0 aliphatic rings. The van der Waals surface area contributed by atoms with Crippen LogP contribution in [0.3, 0.4) is 0 Å². The van der Waals surface area contributed by atoms with Crippen LogP contribution in [0.25, 0.3) is 11.6 Å². The zero-order chi connectivity index (χ0) is 25.3. The second-order valence-corrected chi connectivity index (χ2v) is 10.3. The monoisotopic (exact) mass is 490 g/mol. The molecule has 1 aromatic carbocycles. The highest BCUT2D eigenvalue weighted by Gasteiger charge is 2.29. The Hall–Kier alpha value is -3.67. The standard InChI is InChI=1S/C22H26N4O7S/c1-13-7-9-15(10-8-13)34(29,30)26-11-16(19-25-17(12-32-19)20(27)31-6)24-18(26)14(2)23-21(28)33-22(3,4)5/h7-12,14H,1-6H3,(H,23,28)/t14-/m0/s1. The lowest BCUT2D eigenvalue weighted by Crippen LogP contribution is -2.35. The molecule has 34 heavy (non-hydrogen) atoms. The van der Waals surface area contributed by atoms with Crippen molar-refractivity contribution in [2.24, 2.45) is 0 Å². The van der Waals surface area contributed by atoms with E-state index in [4.69, 9.17) is 9.15 Å². The number of ether oxygens (including phenoxy) is 2. The van der Waals surface area contributed by atoms with E-state index in [1.165, 1.54) is 25.4 Å². The minimum Gasteiger partial charge on any atom is -0.464 e. The second kappa shape index (κ2) is 9.29. The fraction of sp³-hybridized carbons (Fsp3) is 0.364. The summed E-state index contributed by atoms with van der Waals surface area (Å²) in [5.41, 5.74) is 0.0787. The van der Waals surface area contributed by atoms with E-state index in [0.29, 0.717) is 0 Å². The SMILES string of the molecule is COC(=O)c1coc(-c2cn(S(=O)(=O)c3ccc(C)cc3)c([C@H](C)NC(=O)OC(C)(C)C)n2)n1. The van der Waals surface area contributed by atoms with Crippen LogP contribution in [0.2, 0.25) is 0 Å². The number of carbonyl (C=O) groups is 2. The van der Waals surface area contributed by atoms with Crippen LogP contribution >= 0.6 is 0 Å². The van der Waals surface area contributed by atoms with E-state index in [-0.39, 0.29) is 28.0 Å². The van der Waals surface area contributed by atoms with Gasteiger partial charge < -0.3 is 19.2 Å². The molecule has 182 valence electrons. The third-order valence-corrected chi connectivity index (χ3v) is 6.19. The summed E-state index contributed by atoms with van der Waals surface area (Å²) < 4.78 is 43.0. The molecular formula is C22H26N4O7S. The van der Waals surface area contributed by atoms with Gasteiger partial charge in [0, 0.05) is 0 Å². The van der Waals surface area contributed by atoms with Crippen molar-refractivity contribution >= 4 is 22.1 Å². The highest BCUT2D eigenvalue weighted by atomic mass is 32.2. The summed E-state index contributed by atoms with van der Waals surface area (Å²) in [7, 11) is -2.91. The second-order valence-electron chi connectivity index (χ2n) is 8.50. The summed E-state index contributed by atoms with van der Waals surface area (Å²) in [6, 6.07) is 5.41. The molecule has 3 rings (SSSR count). The van der Waals surface area contributed by atoms with Crippen LogP contribution in [0, 0.1) is 6.92 Å². The molecule has 2 heterocycles. The molecule has 1 atom stereocenters. The molecule has 12 heteroatoms. The Bertz CT molecular complexity index is 1300. The predicted octanol–water partition coefficient (Wildman–Crippen LogP) is 3.46. The number of nitrogens with zero attached hydrogens (tertiary/aromatic N) is 3. The number of aryl methyl sites for hydroxylation is 1. The van der Waals surface area contributed by atoms with Crippen molar-refractivity contribution in [3.63, 3.8) is 0 Å². The lowest BCUT2D eigenvalue weighted by Gasteiger charge is -2.22. The van der Waals surface area contributed by atoms with Gasteiger partial charge in [-0.25, -0.2) is 31.9 Å². The van der Waals surface area contributed by atoms with Gasteiger partial charge in [0.25, 0.3) is 10.0 Å². The van der Waals surface area contributed by atoms with Gasteiger partial charge in [-0.1, -0.05) is 17.7 Å². The Morgan fingerprint density at radius 3 is 2.38 bits per heavy atom. The maximum atomic E-state index is 13.4. The van der Waals surface area contributed by atoms with Crippen LogP contribution in [-0.4, -0.2) is 47.1 Å². The fourth-order valence-corrected chi connectivity index (χ4v) is 4.32. The van der Waals surface area contributed by atoms with Gasteiger partial charge >= 0.3 is 12.1 Å². The van der Waals surface area contributed by atoms with E-state index in [0.717, 1.165) is 15.8 Å². The molecule has 1 amide bonds. The molecule has 0 radical (unpaired) electrons. The average Bonchev–Trinajstić information content (AvgIpc) is 3.40. The molecule has 0 saturated carbocycles. The number of hydrogen-bond acceptors (Lipinski definition) is 9. The van der Waals surface area contributed by atoms with Crippen molar-refractivity contribution in [3.05, 3.63) is 53.8 Å². The highest BCUT2D eigenvalue weighted by molar-refractivity contribution is 7.90. The number of methoxy groups -OCH3 is 1. The number of amides is 1. The van der Waals surface area contributed by atoms with E-state index >= 15 is 0 Å². The molecule has 0 aliphatic heterocycles. The number of carbonyl (C=O) groups excluding carboxylic acids is 2. The van der Waals surface area contributed by atoms with Crippen molar-refractivity contribution in [1.29, 1.82) is 0 Å². The van der Waals surface area contributed by atoms with Crippen molar-refractivity contribution in [2.75, 3.05) is 7.11 Å². The maximum Gasteiger partial charge on any atom is 0.408 e. The first kappa shape index (κ1) is 25.0. The Balaban J connectivity index is 2.07. The van der Waals surface area contributed by atoms with Crippen LogP contribution in [0.15, 0.2) is 46.0 Å². The molecule has 2 aromatic heterocycles. The van der Waals surface area contributed by atoms with Crippen LogP contribution < -0.4 is 5.32 Å². The molecule has 0 saturated heterocycles. The lowest BCUT2D eigenvalue weighted by atomic mass is 10.2. The number of hydrogen-bond donors (Lipinski definition) is 1. The van der Waals surface area contributed by atoms with Gasteiger partial charge in [-0.05, 0) is 46.8 Å². The van der Waals surface area contributed by atoms with E-state index in [1.54, 1.807) is 39.8 Å². The van der Waals surface area contributed by atoms with Crippen molar-refractivity contribution in [1.82, 2.24) is 19.3 Å². The number of imidazole rings is 1. The molecule has 0 spiro atoms. The molecule has 11 nitrogen and oxygen atoms in total. The van der Waals surface area contributed by atoms with Gasteiger partial charge in [0.15, 0.2) is 5.69 Å². The summed E-state index contributed by atoms with van der Waals surface area (Å²) >= 11 is 0. The first-order valence-corrected chi connectivity index (χ1v) is 11.7. The quantitative estimate of drug-likeness (QED) is 0.514. The van der Waals surface area contributed by atoms with E-state index in [2.05, 4.69) is 20.0 Å². The minimum atomic E-state index is -4.10. The number of nitrogens with one attached hydrogen (secondary N) is 1. The van der Waals surface area contributed by atoms with Crippen molar-refractivity contribution in [2.45, 2.75) is 51.2 Å². The van der Waals surface area contributed by atoms with Crippen LogP contribution in [0.1, 0.15) is 55.6 Å². The smallest absolute Gasteiger partial charge is 0.408 e. The molecule has 0 aliphatic carbocycles. The molecule has 0 unspecified atom stereocenters. The molecule has 3 aromatic rings. The van der Waals surface area contributed by atoms with Gasteiger partial charge in [-0.2, -0.15) is 0 Å². The van der Waals surface area contributed by atoms with Crippen molar-refractivity contribution < 1.29 is 31.9 Å².